The van der Waals surface area contributed by atoms with Gasteiger partial charge < -0.3 is 15.3 Å². The highest BCUT2D eigenvalue weighted by atomic mass is 32.2. The summed E-state index contributed by atoms with van der Waals surface area (Å²) < 4.78 is 23.0. The molecule has 1 aromatic carbocycles. The van der Waals surface area contributed by atoms with Gasteiger partial charge in [0.05, 0.1) is 22.8 Å². The van der Waals surface area contributed by atoms with E-state index in [2.05, 4.69) is 5.32 Å². The number of urea groups is 1. The molecule has 1 saturated heterocycles. The number of amides is 2. The molecular formula is C13H16N2O5S. The Kier molecular flexibility index (Phi) is 4.46. The number of carbonyl (C=O) groups is 2. The summed E-state index contributed by atoms with van der Waals surface area (Å²) >= 11 is 0. The Morgan fingerprint density at radius 2 is 1.86 bits per heavy atom. The number of nitrogens with one attached hydrogen (secondary N) is 1. The monoisotopic (exact) mass is 312 g/mol. The maximum absolute atomic E-state index is 12.1. The zero-order valence-corrected chi connectivity index (χ0v) is 12.1. The molecular weight excluding hydrogens is 296 g/mol. The minimum atomic E-state index is -3.10. The van der Waals surface area contributed by atoms with E-state index in [1.165, 1.54) is 17.0 Å². The number of carboxylic acid groups (broad SMARTS) is 1. The fourth-order valence-corrected chi connectivity index (χ4v) is 3.39. The van der Waals surface area contributed by atoms with E-state index in [-0.39, 0.29) is 29.3 Å². The predicted octanol–water partition coefficient (Wildman–Crippen LogP) is 1.04. The lowest BCUT2D eigenvalue weighted by atomic mass is 10.2. The van der Waals surface area contributed by atoms with Gasteiger partial charge in [-0.05, 0) is 18.6 Å². The topological polar surface area (TPSA) is 104 Å². The van der Waals surface area contributed by atoms with Gasteiger partial charge in [-0.2, -0.15) is 0 Å². The van der Waals surface area contributed by atoms with Crippen LogP contribution >= 0.6 is 0 Å². The van der Waals surface area contributed by atoms with E-state index in [1.807, 2.05) is 0 Å². The van der Waals surface area contributed by atoms with Crippen LogP contribution in [-0.4, -0.2) is 55.0 Å². The van der Waals surface area contributed by atoms with Gasteiger partial charge >= 0.3 is 12.0 Å². The smallest absolute Gasteiger partial charge is 0.337 e. The number of aromatic carboxylic acids is 1. The molecule has 0 aliphatic carbocycles. The third kappa shape index (κ3) is 3.94. The van der Waals surface area contributed by atoms with Gasteiger partial charge in [0.2, 0.25) is 0 Å². The standard InChI is InChI=1S/C13H16N2O5S/c16-12(17)10-4-1-2-5-11(10)14-13(18)15-6-3-8-21(19,20)9-7-15/h1-2,4-5H,3,6-9H2,(H,14,18)(H,16,17). The van der Waals surface area contributed by atoms with Crippen molar-refractivity contribution in [2.24, 2.45) is 0 Å². The van der Waals surface area contributed by atoms with Crippen molar-refractivity contribution < 1.29 is 23.1 Å². The lowest BCUT2D eigenvalue weighted by Crippen LogP contribution is -2.37. The first-order valence-corrected chi connectivity index (χ1v) is 8.30. The Morgan fingerprint density at radius 3 is 2.57 bits per heavy atom. The molecule has 0 spiro atoms. The minimum absolute atomic E-state index is 0.00621. The number of carbonyl (C=O) groups excluding carboxylic acids is 1. The molecule has 0 saturated carbocycles. The van der Waals surface area contributed by atoms with Crippen LogP contribution in [0.5, 0.6) is 0 Å². The van der Waals surface area contributed by atoms with Gasteiger partial charge in [-0.25, -0.2) is 18.0 Å². The molecule has 8 heteroatoms. The summed E-state index contributed by atoms with van der Waals surface area (Å²) in [5.74, 6) is -1.13. The Bertz CT molecular complexity index is 656. The molecule has 1 aromatic rings. The average Bonchev–Trinajstić information content (AvgIpc) is 2.60. The van der Waals surface area contributed by atoms with Crippen LogP contribution in [0.4, 0.5) is 10.5 Å². The van der Waals surface area contributed by atoms with Crippen LogP contribution < -0.4 is 5.32 Å². The van der Waals surface area contributed by atoms with E-state index in [1.54, 1.807) is 12.1 Å². The molecule has 0 radical (unpaired) electrons. The summed E-state index contributed by atoms with van der Waals surface area (Å²) in [5.41, 5.74) is 0.190. The number of anilines is 1. The summed E-state index contributed by atoms with van der Waals surface area (Å²) in [7, 11) is -3.10. The van der Waals surface area contributed by atoms with Crippen molar-refractivity contribution in [1.29, 1.82) is 0 Å². The first kappa shape index (κ1) is 15.3. The van der Waals surface area contributed by atoms with E-state index in [9.17, 15) is 18.0 Å². The summed E-state index contributed by atoms with van der Waals surface area (Å²) in [5, 5.41) is 11.6. The van der Waals surface area contributed by atoms with Gasteiger partial charge in [0.15, 0.2) is 9.84 Å². The zero-order valence-electron chi connectivity index (χ0n) is 11.3. The van der Waals surface area contributed by atoms with Crippen LogP contribution in [0.1, 0.15) is 16.8 Å². The lowest BCUT2D eigenvalue weighted by Gasteiger charge is -2.20. The van der Waals surface area contributed by atoms with E-state index in [4.69, 9.17) is 5.11 Å². The highest BCUT2D eigenvalue weighted by molar-refractivity contribution is 7.91. The largest absolute Gasteiger partial charge is 0.478 e. The van der Waals surface area contributed by atoms with E-state index >= 15 is 0 Å². The molecule has 0 bridgehead atoms. The third-order valence-electron chi connectivity index (χ3n) is 3.24. The maximum Gasteiger partial charge on any atom is 0.337 e. The van der Waals surface area contributed by atoms with Crippen LogP contribution in [0.2, 0.25) is 0 Å². The zero-order chi connectivity index (χ0) is 15.5. The highest BCUT2D eigenvalue weighted by Crippen LogP contribution is 2.16. The van der Waals surface area contributed by atoms with Crippen molar-refractivity contribution in [2.45, 2.75) is 6.42 Å². The first-order valence-electron chi connectivity index (χ1n) is 6.48. The number of benzene rings is 1. The minimum Gasteiger partial charge on any atom is -0.478 e. The number of nitrogens with zero attached hydrogens (tertiary/aromatic N) is 1. The fraction of sp³-hybridized carbons (Fsp3) is 0.385. The summed E-state index contributed by atoms with van der Waals surface area (Å²) in [4.78, 5) is 24.6. The molecule has 7 nitrogen and oxygen atoms in total. The average molecular weight is 312 g/mol. The van der Waals surface area contributed by atoms with Crippen LogP contribution in [0, 0.1) is 0 Å². The second kappa shape index (κ2) is 6.13. The molecule has 1 heterocycles. The SMILES string of the molecule is O=C(O)c1ccccc1NC(=O)N1CCCS(=O)(=O)CC1. The number of hydrogen-bond acceptors (Lipinski definition) is 4. The van der Waals surface area contributed by atoms with Crippen molar-refractivity contribution in [1.82, 2.24) is 4.90 Å². The van der Waals surface area contributed by atoms with Gasteiger partial charge in [0.25, 0.3) is 0 Å². The molecule has 0 unspecified atom stereocenters. The lowest BCUT2D eigenvalue weighted by molar-refractivity contribution is 0.0698. The third-order valence-corrected chi connectivity index (χ3v) is 4.96. The summed E-state index contributed by atoms with van der Waals surface area (Å²) in [6.45, 7) is 0.448. The van der Waals surface area contributed by atoms with Crippen molar-refractivity contribution in [3.63, 3.8) is 0 Å². The van der Waals surface area contributed by atoms with Gasteiger partial charge in [-0.3, -0.25) is 0 Å². The first-order chi connectivity index (χ1) is 9.89. The Labute approximate surface area is 122 Å². The van der Waals surface area contributed by atoms with Gasteiger partial charge in [0, 0.05) is 13.1 Å². The van der Waals surface area contributed by atoms with Gasteiger partial charge in [0.1, 0.15) is 0 Å². The van der Waals surface area contributed by atoms with Crippen molar-refractivity contribution >= 4 is 27.5 Å². The second-order valence-corrected chi connectivity index (χ2v) is 7.08. The molecule has 1 fully saturated rings. The van der Waals surface area contributed by atoms with Crippen molar-refractivity contribution in [2.75, 3.05) is 29.9 Å². The fourth-order valence-electron chi connectivity index (χ4n) is 2.11. The summed E-state index contributed by atoms with van der Waals surface area (Å²) in [6, 6.07) is 5.59. The van der Waals surface area contributed by atoms with Crippen molar-refractivity contribution in [3.05, 3.63) is 29.8 Å². The molecule has 21 heavy (non-hydrogen) atoms. The summed E-state index contributed by atoms with van der Waals surface area (Å²) in [6.07, 6.45) is 0.385. The number of para-hydroxylation sites is 1. The van der Waals surface area contributed by atoms with Gasteiger partial charge in [-0.1, -0.05) is 12.1 Å². The number of hydrogen-bond donors (Lipinski definition) is 2. The van der Waals surface area contributed by atoms with E-state index in [0.717, 1.165) is 0 Å². The predicted molar refractivity (Wildman–Crippen MR) is 77.3 cm³/mol. The van der Waals surface area contributed by atoms with Crippen LogP contribution in [0.25, 0.3) is 0 Å². The molecule has 1 aliphatic heterocycles. The number of sulfone groups is 1. The van der Waals surface area contributed by atoms with Crippen molar-refractivity contribution in [3.8, 4) is 0 Å². The number of carboxylic acids is 1. The van der Waals surface area contributed by atoms with Crippen LogP contribution in [-0.2, 0) is 9.84 Å². The Hall–Kier alpha value is -2.09. The van der Waals surface area contributed by atoms with Gasteiger partial charge in [-0.15, -0.1) is 0 Å². The Balaban J connectivity index is 2.10. The highest BCUT2D eigenvalue weighted by Gasteiger charge is 2.23. The molecule has 2 N–H and O–H groups in total. The second-order valence-electron chi connectivity index (χ2n) is 4.77. The Morgan fingerprint density at radius 1 is 1.14 bits per heavy atom. The molecule has 2 amide bonds. The van der Waals surface area contributed by atoms with Crippen LogP contribution in [0.3, 0.4) is 0 Å². The normalized spacial score (nSPS) is 17.8. The molecule has 1 aliphatic rings. The molecule has 0 atom stereocenters. The maximum atomic E-state index is 12.1. The van der Waals surface area contributed by atoms with E-state index in [0.29, 0.717) is 13.0 Å². The molecule has 2 rings (SSSR count). The number of rotatable bonds is 2. The quantitative estimate of drug-likeness (QED) is 0.849. The van der Waals surface area contributed by atoms with Crippen LogP contribution in [0.15, 0.2) is 24.3 Å². The van der Waals surface area contributed by atoms with E-state index < -0.39 is 21.8 Å². The molecule has 114 valence electrons. The molecule has 0 aromatic heterocycles.